The average molecular weight is 346 g/mol. The maximum Gasteiger partial charge on any atom is 0.415 e. The van der Waals surface area contributed by atoms with E-state index in [9.17, 15) is 9.59 Å². The molecule has 2 N–H and O–H groups in total. The van der Waals surface area contributed by atoms with Crippen LogP contribution in [0.4, 0.5) is 16.2 Å². The number of ether oxygens (including phenoxy) is 1. The van der Waals surface area contributed by atoms with Gasteiger partial charge in [0.05, 0.1) is 19.2 Å². The Hall–Kier alpha value is -2.32. The molecular weight excluding hydrogens is 324 g/mol. The zero-order chi connectivity index (χ0) is 17.4. The molecule has 2 heterocycles. The first kappa shape index (κ1) is 16.2. The van der Waals surface area contributed by atoms with Crippen molar-refractivity contribution in [2.45, 2.75) is 25.0 Å². The molecule has 1 spiro atoms. The van der Waals surface area contributed by atoms with Crippen LogP contribution >= 0.6 is 0 Å². The van der Waals surface area contributed by atoms with Gasteiger partial charge in [-0.2, -0.15) is 0 Å². The van der Waals surface area contributed by atoms with Crippen LogP contribution in [0.1, 0.15) is 13.3 Å². The van der Waals surface area contributed by atoms with Gasteiger partial charge in [0.15, 0.2) is 5.60 Å². The highest BCUT2D eigenvalue weighted by atomic mass is 16.6. The van der Waals surface area contributed by atoms with Crippen molar-refractivity contribution in [3.8, 4) is 0 Å². The van der Waals surface area contributed by atoms with Gasteiger partial charge in [-0.25, -0.2) is 10.3 Å². The summed E-state index contributed by atoms with van der Waals surface area (Å²) in [6.45, 7) is 5.03. The number of amides is 2. The lowest BCUT2D eigenvalue weighted by molar-refractivity contribution is -0.119. The number of nitrogens with one attached hydrogen (secondary N) is 2. The highest BCUT2D eigenvalue weighted by molar-refractivity contribution is 5.91. The molecule has 0 bridgehead atoms. The van der Waals surface area contributed by atoms with E-state index in [1.54, 1.807) is 4.90 Å². The van der Waals surface area contributed by atoms with Crippen molar-refractivity contribution in [1.29, 1.82) is 0 Å². The van der Waals surface area contributed by atoms with E-state index in [2.05, 4.69) is 15.7 Å². The lowest BCUT2D eigenvalue weighted by Crippen LogP contribution is -2.33. The summed E-state index contributed by atoms with van der Waals surface area (Å²) >= 11 is 0. The lowest BCUT2D eigenvalue weighted by atomic mass is 10.2. The molecule has 2 amide bonds. The largest absolute Gasteiger partial charge is 0.438 e. The topological polar surface area (TPSA) is 83.1 Å². The third-order valence-corrected chi connectivity index (χ3v) is 4.91. The molecule has 3 aliphatic rings. The number of carbonyl (C=O) groups is 2. The van der Waals surface area contributed by atoms with Crippen molar-refractivity contribution >= 4 is 23.4 Å². The minimum absolute atomic E-state index is 0.0807. The van der Waals surface area contributed by atoms with Crippen LogP contribution in [0.15, 0.2) is 24.3 Å². The molecule has 3 fully saturated rings. The van der Waals surface area contributed by atoms with Gasteiger partial charge in [0.2, 0.25) is 5.91 Å². The Balaban J connectivity index is 1.44. The first-order chi connectivity index (χ1) is 12.1. The molecular formula is C17H22N4O4. The Morgan fingerprint density at radius 3 is 2.80 bits per heavy atom. The highest BCUT2D eigenvalue weighted by Gasteiger charge is 2.64. The molecule has 1 saturated carbocycles. The molecule has 2 aliphatic heterocycles. The maximum absolute atomic E-state index is 12.2. The van der Waals surface area contributed by atoms with Crippen LogP contribution in [0.3, 0.4) is 0 Å². The number of anilines is 2. The smallest absolute Gasteiger partial charge is 0.415 e. The van der Waals surface area contributed by atoms with Crippen LogP contribution in [0.2, 0.25) is 0 Å². The second kappa shape index (κ2) is 6.20. The summed E-state index contributed by atoms with van der Waals surface area (Å²) in [6, 6.07) is 7.81. The minimum atomic E-state index is -0.560. The standard InChI is InChI=1S/C17H22N4O4/c1-12(22)19-15-10-17(15)11-21(16(23)25-17)14-4-2-13(3-5-14)20-7-6-18-24-9-8-20/h2-5,15,18H,6-11H2,1H3,(H,19,22)/t15-,17-/m0/s1. The van der Waals surface area contributed by atoms with Crippen molar-refractivity contribution in [3.05, 3.63) is 24.3 Å². The number of benzene rings is 1. The van der Waals surface area contributed by atoms with Crippen LogP contribution in [0, 0.1) is 0 Å². The fourth-order valence-corrected chi connectivity index (χ4v) is 3.49. The normalized spacial score (nSPS) is 28.7. The van der Waals surface area contributed by atoms with Gasteiger partial charge in [0, 0.05) is 44.4 Å². The summed E-state index contributed by atoms with van der Waals surface area (Å²) < 4.78 is 5.54. The van der Waals surface area contributed by atoms with Crippen LogP contribution in [0.25, 0.3) is 0 Å². The minimum Gasteiger partial charge on any atom is -0.438 e. The summed E-state index contributed by atoms with van der Waals surface area (Å²) in [5.74, 6) is -0.100. The van der Waals surface area contributed by atoms with E-state index >= 15 is 0 Å². The molecule has 8 nitrogen and oxygen atoms in total. The Bertz CT molecular complexity index is 672. The van der Waals surface area contributed by atoms with Crippen LogP contribution in [-0.4, -0.2) is 56.4 Å². The van der Waals surface area contributed by atoms with Crippen molar-refractivity contribution in [2.24, 2.45) is 0 Å². The summed E-state index contributed by atoms with van der Waals surface area (Å²) in [4.78, 5) is 32.6. The van der Waals surface area contributed by atoms with Crippen molar-refractivity contribution < 1.29 is 19.2 Å². The Morgan fingerprint density at radius 1 is 1.28 bits per heavy atom. The van der Waals surface area contributed by atoms with Crippen LogP contribution < -0.4 is 20.6 Å². The summed E-state index contributed by atoms with van der Waals surface area (Å²) in [7, 11) is 0. The molecule has 4 rings (SSSR count). The van der Waals surface area contributed by atoms with Gasteiger partial charge >= 0.3 is 6.09 Å². The van der Waals surface area contributed by atoms with E-state index in [0.717, 1.165) is 31.0 Å². The zero-order valence-electron chi connectivity index (χ0n) is 14.2. The van der Waals surface area contributed by atoms with Gasteiger partial charge < -0.3 is 15.0 Å². The molecule has 25 heavy (non-hydrogen) atoms. The van der Waals surface area contributed by atoms with Gasteiger partial charge in [0.25, 0.3) is 0 Å². The number of hydroxylamine groups is 1. The van der Waals surface area contributed by atoms with Crippen molar-refractivity contribution in [2.75, 3.05) is 42.6 Å². The first-order valence-corrected chi connectivity index (χ1v) is 8.55. The second-order valence-corrected chi connectivity index (χ2v) is 6.72. The predicted octanol–water partition coefficient (Wildman–Crippen LogP) is 0.632. The quantitative estimate of drug-likeness (QED) is 0.835. The summed E-state index contributed by atoms with van der Waals surface area (Å²) in [5.41, 5.74) is 4.25. The molecule has 0 aromatic heterocycles. The van der Waals surface area contributed by atoms with Crippen LogP contribution in [-0.2, 0) is 14.4 Å². The van der Waals surface area contributed by atoms with Gasteiger partial charge in [-0.1, -0.05) is 0 Å². The molecule has 8 heteroatoms. The van der Waals surface area contributed by atoms with Gasteiger partial charge in [-0.3, -0.25) is 14.5 Å². The molecule has 134 valence electrons. The van der Waals surface area contributed by atoms with Gasteiger partial charge in [0.1, 0.15) is 0 Å². The van der Waals surface area contributed by atoms with Gasteiger partial charge in [-0.15, -0.1) is 0 Å². The summed E-state index contributed by atoms with van der Waals surface area (Å²) in [6.07, 6.45) is 0.321. The molecule has 0 radical (unpaired) electrons. The van der Waals surface area contributed by atoms with E-state index in [1.807, 2.05) is 24.3 Å². The van der Waals surface area contributed by atoms with E-state index in [0.29, 0.717) is 19.6 Å². The SMILES string of the molecule is CC(=O)N[C@H]1C[C@]12CN(c1ccc(N3CCNOCC3)cc1)C(=O)O2. The number of nitrogens with zero attached hydrogens (tertiary/aromatic N) is 2. The van der Waals surface area contributed by atoms with Crippen molar-refractivity contribution in [1.82, 2.24) is 10.8 Å². The fourth-order valence-electron chi connectivity index (χ4n) is 3.49. The Morgan fingerprint density at radius 2 is 2.04 bits per heavy atom. The van der Waals surface area contributed by atoms with Gasteiger partial charge in [-0.05, 0) is 24.3 Å². The number of hydrogen-bond donors (Lipinski definition) is 2. The Labute approximate surface area is 146 Å². The third-order valence-electron chi connectivity index (χ3n) is 4.91. The van der Waals surface area contributed by atoms with E-state index in [-0.39, 0.29) is 18.0 Å². The second-order valence-electron chi connectivity index (χ2n) is 6.72. The van der Waals surface area contributed by atoms with E-state index in [4.69, 9.17) is 9.57 Å². The lowest BCUT2D eigenvalue weighted by Gasteiger charge is -2.22. The van der Waals surface area contributed by atoms with E-state index in [1.165, 1.54) is 6.92 Å². The maximum atomic E-state index is 12.2. The Kier molecular flexibility index (Phi) is 4.01. The number of rotatable bonds is 3. The molecule has 1 aliphatic carbocycles. The summed E-state index contributed by atoms with van der Waals surface area (Å²) in [5, 5.41) is 2.83. The molecule has 1 aromatic carbocycles. The monoisotopic (exact) mass is 346 g/mol. The van der Waals surface area contributed by atoms with Crippen molar-refractivity contribution in [3.63, 3.8) is 0 Å². The zero-order valence-corrected chi connectivity index (χ0v) is 14.2. The highest BCUT2D eigenvalue weighted by Crippen LogP contribution is 2.46. The molecule has 0 unspecified atom stereocenters. The number of hydrogen-bond acceptors (Lipinski definition) is 6. The average Bonchev–Trinajstić information content (AvgIpc) is 3.22. The molecule has 1 aromatic rings. The predicted molar refractivity (Wildman–Crippen MR) is 91.4 cm³/mol. The first-order valence-electron chi connectivity index (χ1n) is 8.55. The third kappa shape index (κ3) is 3.14. The molecule has 2 atom stereocenters. The van der Waals surface area contributed by atoms with Crippen LogP contribution in [0.5, 0.6) is 0 Å². The molecule has 2 saturated heterocycles. The fraction of sp³-hybridized carbons (Fsp3) is 0.529. The number of carbonyl (C=O) groups excluding carboxylic acids is 2. The van der Waals surface area contributed by atoms with E-state index < -0.39 is 5.60 Å².